The Morgan fingerprint density at radius 3 is 2.33 bits per heavy atom. The predicted octanol–water partition coefficient (Wildman–Crippen LogP) is 4.25. The van der Waals surface area contributed by atoms with Crippen LogP contribution in [-0.4, -0.2) is 8.42 Å². The highest BCUT2D eigenvalue weighted by Crippen LogP contribution is 2.22. The van der Waals surface area contributed by atoms with Crippen LogP contribution in [0.3, 0.4) is 0 Å². The smallest absolute Gasteiger partial charge is 0.261 e. The van der Waals surface area contributed by atoms with Crippen molar-refractivity contribution in [2.24, 2.45) is 0 Å². The number of halogens is 1. The SMILES string of the molecule is O=S(=O)(Nc1cccc(I)c1)c1ccc2ccccc2c1. The molecule has 3 aromatic rings. The minimum Gasteiger partial charge on any atom is -0.280 e. The normalized spacial score (nSPS) is 11.5. The van der Waals surface area contributed by atoms with Crippen molar-refractivity contribution in [1.29, 1.82) is 0 Å². The van der Waals surface area contributed by atoms with Crippen molar-refractivity contribution < 1.29 is 8.42 Å². The van der Waals surface area contributed by atoms with Crippen LogP contribution in [0.15, 0.2) is 71.6 Å². The van der Waals surface area contributed by atoms with Crippen molar-refractivity contribution in [3.8, 4) is 0 Å². The van der Waals surface area contributed by atoms with Crippen molar-refractivity contribution >= 4 is 49.1 Å². The molecule has 3 aromatic carbocycles. The molecule has 0 atom stereocenters. The molecular weight excluding hydrogens is 397 g/mol. The summed E-state index contributed by atoms with van der Waals surface area (Å²) in [5.41, 5.74) is 0.565. The van der Waals surface area contributed by atoms with Crippen LogP contribution in [0.2, 0.25) is 0 Å². The third-order valence-corrected chi connectivity index (χ3v) is 5.16. The highest BCUT2D eigenvalue weighted by atomic mass is 127. The lowest BCUT2D eigenvalue weighted by Crippen LogP contribution is -2.12. The summed E-state index contributed by atoms with van der Waals surface area (Å²) in [6, 6.07) is 20.1. The van der Waals surface area contributed by atoms with Crippen molar-refractivity contribution in [1.82, 2.24) is 0 Å². The van der Waals surface area contributed by atoms with Gasteiger partial charge in [-0.05, 0) is 63.7 Å². The minimum absolute atomic E-state index is 0.264. The van der Waals surface area contributed by atoms with Gasteiger partial charge in [0.1, 0.15) is 0 Å². The molecule has 0 aliphatic rings. The first kappa shape index (κ1) is 14.3. The van der Waals surface area contributed by atoms with Crippen LogP contribution < -0.4 is 4.72 Å². The second-order valence-corrected chi connectivity index (χ2v) is 7.55. The molecule has 0 spiro atoms. The zero-order valence-electron chi connectivity index (χ0n) is 11.0. The predicted molar refractivity (Wildman–Crippen MR) is 93.9 cm³/mol. The van der Waals surface area contributed by atoms with Gasteiger partial charge in [0, 0.05) is 9.26 Å². The Morgan fingerprint density at radius 1 is 0.810 bits per heavy atom. The topological polar surface area (TPSA) is 46.2 Å². The Bertz CT molecular complexity index is 907. The molecule has 0 saturated heterocycles. The Balaban J connectivity index is 2.00. The largest absolute Gasteiger partial charge is 0.280 e. The first-order valence-corrected chi connectivity index (χ1v) is 8.88. The molecule has 0 radical (unpaired) electrons. The second kappa shape index (κ2) is 5.65. The number of fused-ring (bicyclic) bond motifs is 1. The van der Waals surface area contributed by atoms with E-state index in [-0.39, 0.29) is 4.90 Å². The van der Waals surface area contributed by atoms with Gasteiger partial charge in [-0.15, -0.1) is 0 Å². The van der Waals surface area contributed by atoms with Gasteiger partial charge in [-0.1, -0.05) is 36.4 Å². The summed E-state index contributed by atoms with van der Waals surface area (Å²) in [5, 5.41) is 1.92. The monoisotopic (exact) mass is 409 g/mol. The van der Waals surface area contributed by atoms with Gasteiger partial charge in [0.05, 0.1) is 4.90 Å². The van der Waals surface area contributed by atoms with E-state index in [4.69, 9.17) is 0 Å². The van der Waals surface area contributed by atoms with Crippen LogP contribution in [0.5, 0.6) is 0 Å². The summed E-state index contributed by atoms with van der Waals surface area (Å²) < 4.78 is 28.5. The van der Waals surface area contributed by atoms with Crippen molar-refractivity contribution in [2.75, 3.05) is 4.72 Å². The van der Waals surface area contributed by atoms with Gasteiger partial charge in [-0.2, -0.15) is 0 Å². The number of hydrogen-bond donors (Lipinski definition) is 1. The minimum atomic E-state index is -3.57. The van der Waals surface area contributed by atoms with Crippen LogP contribution in [0, 0.1) is 3.57 Å². The molecule has 0 saturated carbocycles. The van der Waals surface area contributed by atoms with Gasteiger partial charge in [0.25, 0.3) is 10.0 Å². The first-order chi connectivity index (χ1) is 10.0. The highest BCUT2D eigenvalue weighted by molar-refractivity contribution is 14.1. The van der Waals surface area contributed by atoms with E-state index in [9.17, 15) is 8.42 Å². The average Bonchev–Trinajstić information content (AvgIpc) is 2.46. The third kappa shape index (κ3) is 3.19. The molecule has 0 amide bonds. The third-order valence-electron chi connectivity index (χ3n) is 3.11. The lowest BCUT2D eigenvalue weighted by atomic mass is 10.1. The Labute approximate surface area is 137 Å². The summed E-state index contributed by atoms with van der Waals surface area (Å²) in [6.45, 7) is 0. The fraction of sp³-hybridized carbons (Fsp3) is 0. The Kier molecular flexibility index (Phi) is 3.86. The maximum atomic E-state index is 12.4. The number of benzene rings is 3. The lowest BCUT2D eigenvalue weighted by molar-refractivity contribution is 0.601. The second-order valence-electron chi connectivity index (χ2n) is 4.62. The molecule has 0 aromatic heterocycles. The van der Waals surface area contributed by atoms with Gasteiger partial charge in [-0.25, -0.2) is 8.42 Å². The van der Waals surface area contributed by atoms with Crippen molar-refractivity contribution in [3.05, 3.63) is 70.3 Å². The van der Waals surface area contributed by atoms with Gasteiger partial charge >= 0.3 is 0 Å². The van der Waals surface area contributed by atoms with E-state index >= 15 is 0 Å². The van der Waals surface area contributed by atoms with Crippen LogP contribution in [-0.2, 0) is 10.0 Å². The molecular formula is C16H12INO2S. The number of hydrogen-bond acceptors (Lipinski definition) is 2. The summed E-state index contributed by atoms with van der Waals surface area (Å²) >= 11 is 2.15. The molecule has 0 bridgehead atoms. The summed E-state index contributed by atoms with van der Waals surface area (Å²) in [4.78, 5) is 0.264. The van der Waals surface area contributed by atoms with Gasteiger partial charge in [-0.3, -0.25) is 4.72 Å². The fourth-order valence-electron chi connectivity index (χ4n) is 2.10. The van der Waals surface area contributed by atoms with E-state index in [0.29, 0.717) is 5.69 Å². The van der Waals surface area contributed by atoms with E-state index in [1.807, 2.05) is 42.5 Å². The number of rotatable bonds is 3. The van der Waals surface area contributed by atoms with Crippen molar-refractivity contribution in [3.63, 3.8) is 0 Å². The molecule has 3 rings (SSSR count). The van der Waals surface area contributed by atoms with Gasteiger partial charge in [0.2, 0.25) is 0 Å². The van der Waals surface area contributed by atoms with Crippen molar-refractivity contribution in [2.45, 2.75) is 4.90 Å². The maximum absolute atomic E-state index is 12.4. The summed E-state index contributed by atoms with van der Waals surface area (Å²) in [7, 11) is -3.57. The molecule has 21 heavy (non-hydrogen) atoms. The Hall–Kier alpha value is -1.60. The van der Waals surface area contributed by atoms with E-state index in [1.54, 1.807) is 24.3 Å². The first-order valence-electron chi connectivity index (χ1n) is 6.32. The lowest BCUT2D eigenvalue weighted by Gasteiger charge is -2.09. The van der Waals surface area contributed by atoms with Crippen LogP contribution >= 0.6 is 22.6 Å². The molecule has 5 heteroatoms. The number of anilines is 1. The zero-order valence-corrected chi connectivity index (χ0v) is 13.9. The highest BCUT2D eigenvalue weighted by Gasteiger charge is 2.14. The van der Waals surface area contributed by atoms with E-state index in [0.717, 1.165) is 14.3 Å². The molecule has 106 valence electrons. The molecule has 0 aliphatic heterocycles. The summed E-state index contributed by atoms with van der Waals surface area (Å²) in [6.07, 6.45) is 0. The fourth-order valence-corrected chi connectivity index (χ4v) is 3.73. The molecule has 0 heterocycles. The summed E-state index contributed by atoms with van der Waals surface area (Å²) in [5.74, 6) is 0. The molecule has 0 aliphatic carbocycles. The Morgan fingerprint density at radius 2 is 1.57 bits per heavy atom. The van der Waals surface area contributed by atoms with E-state index in [2.05, 4.69) is 27.3 Å². The zero-order chi connectivity index (χ0) is 14.9. The standard InChI is InChI=1S/C16H12INO2S/c17-14-6-3-7-15(11-14)18-21(19,20)16-9-8-12-4-1-2-5-13(12)10-16/h1-11,18H. The molecule has 3 nitrogen and oxygen atoms in total. The quantitative estimate of drug-likeness (QED) is 0.658. The maximum Gasteiger partial charge on any atom is 0.261 e. The molecule has 0 unspecified atom stereocenters. The number of nitrogens with one attached hydrogen (secondary N) is 1. The number of sulfonamides is 1. The van der Waals surface area contributed by atoms with Crippen LogP contribution in [0.4, 0.5) is 5.69 Å². The van der Waals surface area contributed by atoms with Crippen LogP contribution in [0.1, 0.15) is 0 Å². The van der Waals surface area contributed by atoms with Gasteiger partial charge in [0.15, 0.2) is 0 Å². The average molecular weight is 409 g/mol. The molecule has 1 N–H and O–H groups in total. The molecule has 0 fully saturated rings. The van der Waals surface area contributed by atoms with Gasteiger partial charge < -0.3 is 0 Å². The van der Waals surface area contributed by atoms with E-state index in [1.165, 1.54) is 0 Å². The van der Waals surface area contributed by atoms with E-state index < -0.39 is 10.0 Å². The van der Waals surface area contributed by atoms with Crippen LogP contribution in [0.25, 0.3) is 10.8 Å².